The van der Waals surface area contributed by atoms with Gasteiger partial charge in [0.2, 0.25) is 10.0 Å². The van der Waals surface area contributed by atoms with E-state index in [1.165, 1.54) is 48.5 Å². The fourth-order valence-corrected chi connectivity index (χ4v) is 4.05. The first-order valence-electron chi connectivity index (χ1n) is 7.61. The minimum Gasteiger partial charge on any atom is -0.478 e. The van der Waals surface area contributed by atoms with Crippen molar-refractivity contribution in [2.24, 2.45) is 0 Å². The highest BCUT2D eigenvalue weighted by atomic mass is 35.5. The molecule has 7 nitrogen and oxygen atoms in total. The molecule has 0 saturated carbocycles. The Morgan fingerprint density at radius 2 is 1.54 bits per heavy atom. The van der Waals surface area contributed by atoms with Crippen molar-refractivity contribution in [2.45, 2.75) is 17.5 Å². The number of rotatable bonds is 8. The highest BCUT2D eigenvalue weighted by Crippen LogP contribution is 2.23. The lowest BCUT2D eigenvalue weighted by Gasteiger charge is -2.28. The van der Waals surface area contributed by atoms with E-state index in [-0.39, 0.29) is 17.0 Å². The first-order chi connectivity index (χ1) is 12.3. The zero-order valence-electron chi connectivity index (χ0n) is 13.6. The van der Waals surface area contributed by atoms with Crippen molar-refractivity contribution < 1.29 is 28.5 Å². The molecule has 2 rings (SSSR count). The molecule has 26 heavy (non-hydrogen) atoms. The molecule has 0 unspecified atom stereocenters. The van der Waals surface area contributed by atoms with Gasteiger partial charge in [-0.2, -0.15) is 4.31 Å². The fraction of sp³-hybridized carbons (Fsp3) is 0.235. The van der Waals surface area contributed by atoms with Crippen LogP contribution in [-0.4, -0.2) is 53.3 Å². The molecular weight excluding hydrogens is 382 g/mol. The van der Waals surface area contributed by atoms with Gasteiger partial charge in [-0.3, -0.25) is 0 Å². The largest absolute Gasteiger partial charge is 0.478 e. The van der Waals surface area contributed by atoms with Gasteiger partial charge in [0.1, 0.15) is 0 Å². The molecule has 140 valence electrons. The van der Waals surface area contributed by atoms with Crippen LogP contribution in [-0.2, 0) is 16.6 Å². The van der Waals surface area contributed by atoms with Gasteiger partial charge in [0.25, 0.3) is 0 Å². The number of hydrogen-bond donors (Lipinski definition) is 3. The standard InChI is InChI=1S/C17H18ClNO6S/c18-14-5-7-16(8-6-14)26(24,25)19(15(10-20)11-21)9-12-1-3-13(4-2-12)17(22)23/h1-8,15,20-21H,9-11H2,(H,22,23). The molecular formula is C17H18ClNO6S. The van der Waals surface area contributed by atoms with Gasteiger partial charge in [-0.25, -0.2) is 13.2 Å². The van der Waals surface area contributed by atoms with Crippen LogP contribution in [0.5, 0.6) is 0 Å². The summed E-state index contributed by atoms with van der Waals surface area (Å²) in [5.74, 6) is -1.09. The molecule has 0 fully saturated rings. The van der Waals surface area contributed by atoms with Crippen LogP contribution in [0.4, 0.5) is 0 Å². The van der Waals surface area contributed by atoms with E-state index in [0.29, 0.717) is 10.6 Å². The predicted molar refractivity (Wildman–Crippen MR) is 95.5 cm³/mol. The molecule has 0 spiro atoms. The van der Waals surface area contributed by atoms with E-state index in [1.54, 1.807) is 0 Å². The number of benzene rings is 2. The summed E-state index contributed by atoms with van der Waals surface area (Å²) in [4.78, 5) is 10.9. The Balaban J connectivity index is 2.39. The van der Waals surface area contributed by atoms with Crippen molar-refractivity contribution in [2.75, 3.05) is 13.2 Å². The molecule has 0 amide bonds. The lowest BCUT2D eigenvalue weighted by atomic mass is 10.1. The summed E-state index contributed by atoms with van der Waals surface area (Å²) in [6, 6.07) is 10.2. The Morgan fingerprint density at radius 3 is 2.00 bits per heavy atom. The highest BCUT2D eigenvalue weighted by molar-refractivity contribution is 7.89. The SMILES string of the molecule is O=C(O)c1ccc(CN(C(CO)CO)S(=O)(=O)c2ccc(Cl)cc2)cc1. The second kappa shape index (κ2) is 8.61. The van der Waals surface area contributed by atoms with Crippen molar-refractivity contribution in [3.05, 3.63) is 64.7 Å². The summed E-state index contributed by atoms with van der Waals surface area (Å²) in [6.45, 7) is -1.29. The number of hydrogen-bond acceptors (Lipinski definition) is 5. The maximum absolute atomic E-state index is 12.9. The van der Waals surface area contributed by atoms with Gasteiger partial charge < -0.3 is 15.3 Å². The third kappa shape index (κ3) is 4.60. The van der Waals surface area contributed by atoms with E-state index in [1.807, 2.05) is 0 Å². The van der Waals surface area contributed by atoms with Crippen LogP contribution in [0.15, 0.2) is 53.4 Å². The summed E-state index contributed by atoms with van der Waals surface area (Å²) in [5.41, 5.74) is 0.584. The predicted octanol–water partition coefficient (Wildman–Crippen LogP) is 1.58. The number of aliphatic hydroxyl groups excluding tert-OH is 2. The summed E-state index contributed by atoms with van der Waals surface area (Å²) in [5, 5.41) is 28.3. The zero-order chi connectivity index (χ0) is 19.3. The number of carboxylic acid groups (broad SMARTS) is 1. The normalized spacial score (nSPS) is 11.9. The van der Waals surface area contributed by atoms with Crippen LogP contribution in [0.2, 0.25) is 5.02 Å². The molecule has 0 atom stereocenters. The van der Waals surface area contributed by atoms with Crippen LogP contribution in [0.3, 0.4) is 0 Å². The summed E-state index contributed by atoms with van der Waals surface area (Å²) in [6.07, 6.45) is 0. The molecule has 0 bridgehead atoms. The van der Waals surface area contributed by atoms with E-state index in [4.69, 9.17) is 16.7 Å². The third-order valence-corrected chi connectivity index (χ3v) is 5.95. The monoisotopic (exact) mass is 399 g/mol. The Kier molecular flexibility index (Phi) is 6.74. The second-order valence-corrected chi connectivity index (χ2v) is 7.85. The molecule has 3 N–H and O–H groups in total. The Morgan fingerprint density at radius 1 is 1.00 bits per heavy atom. The minimum absolute atomic E-state index is 0.0315. The maximum Gasteiger partial charge on any atom is 0.335 e. The van der Waals surface area contributed by atoms with Gasteiger partial charge >= 0.3 is 5.97 Å². The molecule has 0 heterocycles. The molecule has 0 aliphatic heterocycles. The van der Waals surface area contributed by atoms with Crippen molar-refractivity contribution >= 4 is 27.6 Å². The number of carboxylic acids is 1. The van der Waals surface area contributed by atoms with Crippen molar-refractivity contribution in [3.63, 3.8) is 0 Å². The highest BCUT2D eigenvalue weighted by Gasteiger charge is 2.31. The number of carbonyl (C=O) groups is 1. The van der Waals surface area contributed by atoms with Crippen LogP contribution in [0.25, 0.3) is 0 Å². The molecule has 0 saturated heterocycles. The van der Waals surface area contributed by atoms with Crippen LogP contribution in [0.1, 0.15) is 15.9 Å². The van der Waals surface area contributed by atoms with Gasteiger partial charge in [0.05, 0.1) is 29.7 Å². The second-order valence-electron chi connectivity index (χ2n) is 5.53. The first-order valence-corrected chi connectivity index (χ1v) is 9.42. The number of nitrogens with zero attached hydrogens (tertiary/aromatic N) is 1. The van der Waals surface area contributed by atoms with E-state index in [0.717, 1.165) is 4.31 Å². The lowest BCUT2D eigenvalue weighted by molar-refractivity contribution is 0.0697. The molecule has 0 aliphatic carbocycles. The zero-order valence-corrected chi connectivity index (χ0v) is 15.2. The third-order valence-electron chi connectivity index (χ3n) is 3.79. The topological polar surface area (TPSA) is 115 Å². The Bertz CT molecular complexity index is 848. The van der Waals surface area contributed by atoms with E-state index < -0.39 is 35.2 Å². The smallest absolute Gasteiger partial charge is 0.335 e. The van der Waals surface area contributed by atoms with Gasteiger partial charge in [-0.15, -0.1) is 0 Å². The number of aromatic carboxylic acids is 1. The summed E-state index contributed by atoms with van der Waals surface area (Å²) >= 11 is 5.79. The first kappa shape index (κ1) is 20.3. The summed E-state index contributed by atoms with van der Waals surface area (Å²) < 4.78 is 26.9. The number of aliphatic hydroxyl groups is 2. The lowest BCUT2D eigenvalue weighted by Crippen LogP contribution is -2.44. The van der Waals surface area contributed by atoms with E-state index in [9.17, 15) is 23.4 Å². The van der Waals surface area contributed by atoms with Crippen molar-refractivity contribution in [1.82, 2.24) is 4.31 Å². The van der Waals surface area contributed by atoms with Gasteiger partial charge in [0.15, 0.2) is 0 Å². The van der Waals surface area contributed by atoms with Gasteiger partial charge in [-0.05, 0) is 42.0 Å². The number of sulfonamides is 1. The van der Waals surface area contributed by atoms with E-state index >= 15 is 0 Å². The molecule has 9 heteroatoms. The van der Waals surface area contributed by atoms with Gasteiger partial charge in [0, 0.05) is 11.6 Å². The van der Waals surface area contributed by atoms with Crippen molar-refractivity contribution in [3.8, 4) is 0 Å². The summed E-state index contributed by atoms with van der Waals surface area (Å²) in [7, 11) is -4.03. The van der Waals surface area contributed by atoms with Crippen LogP contribution < -0.4 is 0 Å². The average molecular weight is 400 g/mol. The Labute approximate surface area is 156 Å². The molecule has 0 aliphatic rings. The van der Waals surface area contributed by atoms with Gasteiger partial charge in [-0.1, -0.05) is 23.7 Å². The molecule has 2 aromatic rings. The van der Waals surface area contributed by atoms with Crippen LogP contribution >= 0.6 is 11.6 Å². The minimum atomic E-state index is -4.03. The quantitative estimate of drug-likeness (QED) is 0.620. The molecule has 0 radical (unpaired) electrons. The maximum atomic E-state index is 12.9. The average Bonchev–Trinajstić information content (AvgIpc) is 2.62. The molecule has 0 aromatic heterocycles. The van der Waals surface area contributed by atoms with E-state index in [2.05, 4.69) is 0 Å². The van der Waals surface area contributed by atoms with Crippen molar-refractivity contribution in [1.29, 1.82) is 0 Å². The Hall–Kier alpha value is -1.97. The fourth-order valence-electron chi connectivity index (χ4n) is 2.32. The number of halogens is 1. The molecule has 2 aromatic carbocycles. The van der Waals surface area contributed by atoms with Crippen LogP contribution in [0, 0.1) is 0 Å².